The lowest BCUT2D eigenvalue weighted by Gasteiger charge is -2.27. The highest BCUT2D eigenvalue weighted by Crippen LogP contribution is 2.23. The van der Waals surface area contributed by atoms with E-state index in [1.807, 2.05) is 0 Å². The summed E-state index contributed by atoms with van der Waals surface area (Å²) in [7, 11) is 1.50. The number of nitrogens with one attached hydrogen (secondary N) is 1. The van der Waals surface area contributed by atoms with Crippen molar-refractivity contribution < 1.29 is 19.6 Å². The second-order valence-electron chi connectivity index (χ2n) is 5.40. The Labute approximate surface area is 133 Å². The van der Waals surface area contributed by atoms with Crippen LogP contribution in [0.15, 0.2) is 18.3 Å². The highest BCUT2D eigenvalue weighted by atomic mass is 16.6. The van der Waals surface area contributed by atoms with Crippen LogP contribution in [0.1, 0.15) is 20.3 Å². The van der Waals surface area contributed by atoms with Gasteiger partial charge in [0.2, 0.25) is 11.7 Å². The van der Waals surface area contributed by atoms with E-state index in [4.69, 9.17) is 5.11 Å². The molecule has 1 unspecified atom stereocenters. The van der Waals surface area contributed by atoms with Crippen LogP contribution in [0.3, 0.4) is 0 Å². The molecule has 0 aliphatic carbocycles. The number of rotatable bonds is 8. The van der Waals surface area contributed by atoms with Gasteiger partial charge in [-0.25, -0.2) is 4.98 Å². The van der Waals surface area contributed by atoms with Gasteiger partial charge in [-0.3, -0.25) is 19.7 Å². The van der Waals surface area contributed by atoms with E-state index < -0.39 is 16.9 Å². The maximum atomic E-state index is 12.5. The number of pyridine rings is 1. The van der Waals surface area contributed by atoms with Crippen LogP contribution in [0.4, 0.5) is 11.5 Å². The van der Waals surface area contributed by atoms with Crippen molar-refractivity contribution in [1.82, 2.24) is 9.88 Å². The van der Waals surface area contributed by atoms with Gasteiger partial charge in [-0.1, -0.05) is 13.8 Å². The average molecular weight is 324 g/mol. The lowest BCUT2D eigenvalue weighted by Crippen LogP contribution is -2.44. The van der Waals surface area contributed by atoms with Gasteiger partial charge < -0.3 is 15.3 Å². The summed E-state index contributed by atoms with van der Waals surface area (Å²) in [5, 5.41) is 22.5. The SMILES string of the molecule is CC(C)C(Nc1ncccc1[N+](=O)[O-])C(=O)N(C)CCC(=O)O. The third-order valence-electron chi connectivity index (χ3n) is 3.25. The predicted molar refractivity (Wildman–Crippen MR) is 83.0 cm³/mol. The Morgan fingerprint density at radius 3 is 2.65 bits per heavy atom. The number of aromatic nitrogens is 1. The van der Waals surface area contributed by atoms with Crippen LogP contribution >= 0.6 is 0 Å². The number of aliphatic carboxylic acids is 1. The zero-order chi connectivity index (χ0) is 17.6. The smallest absolute Gasteiger partial charge is 0.311 e. The van der Waals surface area contributed by atoms with Crippen molar-refractivity contribution in [3.05, 3.63) is 28.4 Å². The molecule has 1 atom stereocenters. The first-order valence-corrected chi connectivity index (χ1v) is 7.06. The van der Waals surface area contributed by atoms with Gasteiger partial charge >= 0.3 is 11.7 Å². The van der Waals surface area contributed by atoms with Gasteiger partial charge in [0, 0.05) is 25.9 Å². The molecule has 0 aromatic carbocycles. The van der Waals surface area contributed by atoms with E-state index in [0.717, 1.165) is 0 Å². The summed E-state index contributed by atoms with van der Waals surface area (Å²) in [5.74, 6) is -1.51. The fraction of sp³-hybridized carbons (Fsp3) is 0.500. The Kier molecular flexibility index (Phi) is 6.43. The number of likely N-dealkylation sites (N-methyl/N-ethyl adjacent to an activating group) is 1. The molecule has 9 nitrogen and oxygen atoms in total. The van der Waals surface area contributed by atoms with Crippen LogP contribution in [0.5, 0.6) is 0 Å². The minimum atomic E-state index is -1.00. The second-order valence-corrected chi connectivity index (χ2v) is 5.40. The first-order valence-electron chi connectivity index (χ1n) is 7.06. The van der Waals surface area contributed by atoms with Gasteiger partial charge in [-0.15, -0.1) is 0 Å². The van der Waals surface area contributed by atoms with E-state index in [2.05, 4.69) is 10.3 Å². The highest BCUT2D eigenvalue weighted by Gasteiger charge is 2.28. The maximum Gasteiger partial charge on any atom is 0.311 e. The molecular weight excluding hydrogens is 304 g/mol. The monoisotopic (exact) mass is 324 g/mol. The number of nitro groups is 1. The molecule has 1 aromatic heterocycles. The van der Waals surface area contributed by atoms with Crippen LogP contribution in [-0.2, 0) is 9.59 Å². The molecule has 1 heterocycles. The molecule has 0 saturated carbocycles. The number of nitrogens with zero attached hydrogens (tertiary/aromatic N) is 3. The van der Waals surface area contributed by atoms with Crippen molar-refractivity contribution in [3.63, 3.8) is 0 Å². The molecule has 0 aliphatic rings. The normalized spacial score (nSPS) is 11.8. The van der Waals surface area contributed by atoms with Gasteiger partial charge in [0.1, 0.15) is 6.04 Å². The first kappa shape index (κ1) is 18.3. The maximum absolute atomic E-state index is 12.5. The number of amides is 1. The first-order chi connectivity index (χ1) is 10.7. The van der Waals surface area contributed by atoms with Crippen LogP contribution in [-0.4, -0.2) is 51.4 Å². The van der Waals surface area contributed by atoms with Crippen molar-refractivity contribution in [2.24, 2.45) is 5.92 Å². The summed E-state index contributed by atoms with van der Waals surface area (Å²) in [4.78, 5) is 38.7. The predicted octanol–water partition coefficient (Wildman–Crippen LogP) is 1.36. The molecule has 0 saturated heterocycles. The Morgan fingerprint density at radius 2 is 2.13 bits per heavy atom. The summed E-state index contributed by atoms with van der Waals surface area (Å²) < 4.78 is 0. The van der Waals surface area contributed by atoms with E-state index in [0.29, 0.717) is 0 Å². The molecule has 0 bridgehead atoms. The lowest BCUT2D eigenvalue weighted by atomic mass is 10.0. The molecule has 1 amide bonds. The molecular formula is C14H20N4O5. The summed E-state index contributed by atoms with van der Waals surface area (Å²) in [6.07, 6.45) is 1.22. The summed E-state index contributed by atoms with van der Waals surface area (Å²) in [5.41, 5.74) is -0.223. The lowest BCUT2D eigenvalue weighted by molar-refractivity contribution is -0.384. The van der Waals surface area contributed by atoms with Gasteiger partial charge in [-0.2, -0.15) is 0 Å². The fourth-order valence-corrected chi connectivity index (χ4v) is 1.93. The number of carboxylic acids is 1. The highest BCUT2D eigenvalue weighted by molar-refractivity contribution is 5.85. The quantitative estimate of drug-likeness (QED) is 0.546. The number of carbonyl (C=O) groups excluding carboxylic acids is 1. The number of hydrogen-bond donors (Lipinski definition) is 2. The number of carbonyl (C=O) groups is 2. The Hall–Kier alpha value is -2.71. The van der Waals surface area contributed by atoms with Gasteiger partial charge in [0.25, 0.3) is 0 Å². The van der Waals surface area contributed by atoms with Gasteiger partial charge in [-0.05, 0) is 12.0 Å². The van der Waals surface area contributed by atoms with Crippen molar-refractivity contribution in [2.45, 2.75) is 26.3 Å². The molecule has 0 spiro atoms. The van der Waals surface area contributed by atoms with E-state index in [-0.39, 0.29) is 36.3 Å². The Morgan fingerprint density at radius 1 is 1.48 bits per heavy atom. The van der Waals surface area contributed by atoms with Crippen LogP contribution in [0, 0.1) is 16.0 Å². The minimum absolute atomic E-state index is 0.0104. The van der Waals surface area contributed by atoms with Crippen LogP contribution in [0.25, 0.3) is 0 Å². The zero-order valence-electron chi connectivity index (χ0n) is 13.2. The molecule has 23 heavy (non-hydrogen) atoms. The molecule has 9 heteroatoms. The molecule has 0 aliphatic heterocycles. The topological polar surface area (TPSA) is 126 Å². The molecule has 1 aromatic rings. The molecule has 126 valence electrons. The molecule has 2 N–H and O–H groups in total. The molecule has 0 fully saturated rings. The number of hydrogen-bond acceptors (Lipinski definition) is 6. The van der Waals surface area contributed by atoms with E-state index in [1.165, 1.54) is 30.3 Å². The van der Waals surface area contributed by atoms with E-state index in [9.17, 15) is 19.7 Å². The third-order valence-corrected chi connectivity index (χ3v) is 3.25. The molecule has 0 radical (unpaired) electrons. The van der Waals surface area contributed by atoms with Crippen LogP contribution < -0.4 is 5.32 Å². The Bertz CT molecular complexity index is 590. The summed E-state index contributed by atoms with van der Waals surface area (Å²) in [6.45, 7) is 3.63. The zero-order valence-corrected chi connectivity index (χ0v) is 13.2. The summed E-state index contributed by atoms with van der Waals surface area (Å²) in [6, 6.07) is 1.99. The van der Waals surface area contributed by atoms with Crippen molar-refractivity contribution in [3.8, 4) is 0 Å². The average Bonchev–Trinajstić information content (AvgIpc) is 2.49. The van der Waals surface area contributed by atoms with E-state index >= 15 is 0 Å². The minimum Gasteiger partial charge on any atom is -0.481 e. The molecule has 1 rings (SSSR count). The van der Waals surface area contributed by atoms with Crippen molar-refractivity contribution >= 4 is 23.4 Å². The van der Waals surface area contributed by atoms with Crippen molar-refractivity contribution in [2.75, 3.05) is 18.9 Å². The Balaban J connectivity index is 2.93. The van der Waals surface area contributed by atoms with Gasteiger partial charge in [0.15, 0.2) is 0 Å². The fourth-order valence-electron chi connectivity index (χ4n) is 1.93. The number of carboxylic acid groups (broad SMARTS) is 1. The second kappa shape index (κ2) is 8.06. The summed E-state index contributed by atoms with van der Waals surface area (Å²) >= 11 is 0. The third kappa shape index (κ3) is 5.20. The number of anilines is 1. The van der Waals surface area contributed by atoms with Crippen LogP contribution in [0.2, 0.25) is 0 Å². The van der Waals surface area contributed by atoms with Crippen molar-refractivity contribution in [1.29, 1.82) is 0 Å². The largest absolute Gasteiger partial charge is 0.481 e. The van der Waals surface area contributed by atoms with Gasteiger partial charge in [0.05, 0.1) is 11.3 Å². The van der Waals surface area contributed by atoms with E-state index in [1.54, 1.807) is 13.8 Å². The standard InChI is InChI=1S/C14H20N4O5/c1-9(2)12(14(21)17(3)8-6-11(19)20)16-13-10(18(22)23)5-4-7-15-13/h4-5,7,9,12H,6,8H2,1-3H3,(H,15,16)(H,19,20).